The number of rotatable bonds is 6. The Kier molecular flexibility index (Phi) is 5.71. The highest BCUT2D eigenvalue weighted by molar-refractivity contribution is 7.22. The molecule has 0 unspecified atom stereocenters. The third-order valence-corrected chi connectivity index (χ3v) is 6.78. The summed E-state index contributed by atoms with van der Waals surface area (Å²) in [6.07, 6.45) is 5.43. The van der Waals surface area contributed by atoms with Crippen molar-refractivity contribution in [1.29, 1.82) is 0 Å². The minimum Gasteiger partial charge on any atom is -0.493 e. The number of pyridine rings is 1. The second-order valence-electron chi connectivity index (χ2n) is 7.89. The van der Waals surface area contributed by atoms with E-state index in [-0.39, 0.29) is 12.1 Å². The number of aromatic nitrogens is 2. The largest absolute Gasteiger partial charge is 0.493 e. The Bertz CT molecular complexity index is 1260. The van der Waals surface area contributed by atoms with Gasteiger partial charge in [-0.15, -0.1) is 0 Å². The lowest BCUT2D eigenvalue weighted by Gasteiger charge is -2.27. The first-order valence-corrected chi connectivity index (χ1v) is 11.5. The van der Waals surface area contributed by atoms with Crippen LogP contribution in [0.5, 0.6) is 23.0 Å². The summed E-state index contributed by atoms with van der Waals surface area (Å²) >= 11 is 1.57. The van der Waals surface area contributed by atoms with E-state index in [1.54, 1.807) is 31.8 Å². The number of ether oxygens (including phenoxy) is 3. The van der Waals surface area contributed by atoms with Crippen LogP contribution in [0.15, 0.2) is 42.6 Å². The van der Waals surface area contributed by atoms with Gasteiger partial charge in [-0.3, -0.25) is 4.98 Å². The van der Waals surface area contributed by atoms with Crippen LogP contribution >= 0.6 is 11.3 Å². The summed E-state index contributed by atoms with van der Waals surface area (Å²) in [4.78, 5) is 9.11. The molecule has 0 aliphatic heterocycles. The van der Waals surface area contributed by atoms with Crippen LogP contribution in [0.4, 0.5) is 5.13 Å². The lowest BCUT2D eigenvalue weighted by molar-refractivity contribution is 0.116. The smallest absolute Gasteiger partial charge is 0.184 e. The normalized spacial score (nSPS) is 18.6. The predicted molar refractivity (Wildman–Crippen MR) is 126 cm³/mol. The second kappa shape index (κ2) is 8.80. The van der Waals surface area contributed by atoms with Crippen LogP contribution in [0.2, 0.25) is 0 Å². The van der Waals surface area contributed by atoms with Crippen molar-refractivity contribution in [2.45, 2.75) is 37.8 Å². The summed E-state index contributed by atoms with van der Waals surface area (Å²) in [7, 11) is 3.21. The van der Waals surface area contributed by atoms with Gasteiger partial charge in [0.1, 0.15) is 11.5 Å². The molecule has 2 atom stereocenters. The summed E-state index contributed by atoms with van der Waals surface area (Å²) in [5, 5.41) is 15.3. The fourth-order valence-corrected chi connectivity index (χ4v) is 5.09. The number of aliphatic hydroxyl groups is 1. The SMILES string of the molecule is COc1cc2nccc(Oc3ccc4nc(N[C@@H]5CCCC[C@H]5O)sc4c3)c2cc1OC. The van der Waals surface area contributed by atoms with Gasteiger partial charge in [0, 0.05) is 23.7 Å². The van der Waals surface area contributed by atoms with Crippen molar-refractivity contribution in [2.75, 3.05) is 19.5 Å². The Morgan fingerprint density at radius 3 is 2.59 bits per heavy atom. The quantitative estimate of drug-likeness (QED) is 0.408. The Hall–Kier alpha value is -3.10. The monoisotopic (exact) mass is 451 g/mol. The highest BCUT2D eigenvalue weighted by Crippen LogP contribution is 2.38. The first-order chi connectivity index (χ1) is 15.6. The fraction of sp³-hybridized carbons (Fsp3) is 0.333. The van der Waals surface area contributed by atoms with E-state index >= 15 is 0 Å². The first-order valence-electron chi connectivity index (χ1n) is 10.7. The van der Waals surface area contributed by atoms with E-state index in [1.165, 1.54) is 0 Å². The van der Waals surface area contributed by atoms with Crippen LogP contribution in [0.1, 0.15) is 25.7 Å². The van der Waals surface area contributed by atoms with Crippen molar-refractivity contribution < 1.29 is 19.3 Å². The Labute approximate surface area is 190 Å². The zero-order valence-electron chi connectivity index (χ0n) is 18.0. The minimum absolute atomic E-state index is 0.0650. The molecule has 166 valence electrons. The lowest BCUT2D eigenvalue weighted by atomic mass is 9.93. The van der Waals surface area contributed by atoms with Crippen molar-refractivity contribution in [1.82, 2.24) is 9.97 Å². The van der Waals surface area contributed by atoms with E-state index < -0.39 is 0 Å². The molecular formula is C24H25N3O4S. The molecular weight excluding hydrogens is 426 g/mol. The number of hydrogen-bond donors (Lipinski definition) is 2. The molecule has 2 aromatic carbocycles. The summed E-state index contributed by atoms with van der Waals surface area (Å²) in [6, 6.07) is 11.5. The molecule has 1 fully saturated rings. The van der Waals surface area contributed by atoms with Gasteiger partial charge in [-0.25, -0.2) is 4.98 Å². The van der Waals surface area contributed by atoms with Gasteiger partial charge in [0.25, 0.3) is 0 Å². The molecule has 0 spiro atoms. The fourth-order valence-electron chi connectivity index (χ4n) is 4.13. The minimum atomic E-state index is -0.315. The van der Waals surface area contributed by atoms with E-state index in [4.69, 9.17) is 14.2 Å². The molecule has 1 aliphatic carbocycles. The average Bonchev–Trinajstić information content (AvgIpc) is 3.21. The molecule has 4 aromatic rings. The summed E-state index contributed by atoms with van der Waals surface area (Å²) in [5.74, 6) is 2.64. The van der Waals surface area contributed by atoms with Crippen LogP contribution in [0.3, 0.4) is 0 Å². The van der Waals surface area contributed by atoms with Gasteiger partial charge in [0.05, 0.1) is 42.1 Å². The number of methoxy groups -OCH3 is 2. The summed E-state index contributed by atoms with van der Waals surface area (Å²) in [5.41, 5.74) is 1.66. The van der Waals surface area contributed by atoms with Crippen LogP contribution in [0.25, 0.3) is 21.1 Å². The molecule has 2 N–H and O–H groups in total. The summed E-state index contributed by atoms with van der Waals surface area (Å²) < 4.78 is 18.1. The number of nitrogens with one attached hydrogen (secondary N) is 1. The molecule has 0 amide bonds. The molecule has 0 bridgehead atoms. The van der Waals surface area contributed by atoms with Crippen LogP contribution in [0, 0.1) is 0 Å². The van der Waals surface area contributed by atoms with Gasteiger partial charge < -0.3 is 24.6 Å². The van der Waals surface area contributed by atoms with Crippen molar-refractivity contribution in [2.24, 2.45) is 0 Å². The first kappa shape index (κ1) is 20.8. The molecule has 32 heavy (non-hydrogen) atoms. The molecule has 5 rings (SSSR count). The van der Waals surface area contributed by atoms with Gasteiger partial charge in [-0.2, -0.15) is 0 Å². The van der Waals surface area contributed by atoms with Crippen molar-refractivity contribution in [3.63, 3.8) is 0 Å². The maximum Gasteiger partial charge on any atom is 0.184 e. The van der Waals surface area contributed by atoms with Crippen LogP contribution < -0.4 is 19.5 Å². The van der Waals surface area contributed by atoms with Crippen LogP contribution in [-0.2, 0) is 0 Å². The second-order valence-corrected chi connectivity index (χ2v) is 8.92. The van der Waals surface area contributed by atoms with Gasteiger partial charge in [-0.1, -0.05) is 24.2 Å². The maximum absolute atomic E-state index is 10.2. The maximum atomic E-state index is 10.2. The van der Waals surface area contributed by atoms with E-state index in [1.807, 2.05) is 36.4 Å². The number of anilines is 1. The Balaban J connectivity index is 1.42. The van der Waals surface area contributed by atoms with E-state index in [0.717, 1.165) is 51.9 Å². The third kappa shape index (κ3) is 4.03. The zero-order valence-corrected chi connectivity index (χ0v) is 18.8. The van der Waals surface area contributed by atoms with Crippen molar-refractivity contribution in [3.05, 3.63) is 42.6 Å². The van der Waals surface area contributed by atoms with Gasteiger partial charge in [0.2, 0.25) is 0 Å². The average molecular weight is 452 g/mol. The Morgan fingerprint density at radius 1 is 0.969 bits per heavy atom. The molecule has 7 nitrogen and oxygen atoms in total. The predicted octanol–water partition coefficient (Wildman–Crippen LogP) is 5.37. The van der Waals surface area contributed by atoms with Crippen molar-refractivity contribution >= 4 is 37.6 Å². The molecule has 0 radical (unpaired) electrons. The van der Waals surface area contributed by atoms with Crippen LogP contribution in [-0.4, -0.2) is 41.4 Å². The molecule has 8 heteroatoms. The van der Waals surface area contributed by atoms with E-state index in [0.29, 0.717) is 23.0 Å². The molecule has 1 aliphatic rings. The molecule has 2 aromatic heterocycles. The number of thiazole rings is 1. The van der Waals surface area contributed by atoms with Gasteiger partial charge in [0.15, 0.2) is 16.6 Å². The van der Waals surface area contributed by atoms with Crippen molar-refractivity contribution in [3.8, 4) is 23.0 Å². The number of nitrogens with zero attached hydrogens (tertiary/aromatic N) is 2. The lowest BCUT2D eigenvalue weighted by Crippen LogP contribution is -2.36. The Morgan fingerprint density at radius 2 is 1.78 bits per heavy atom. The molecule has 1 saturated carbocycles. The third-order valence-electron chi connectivity index (χ3n) is 5.83. The number of aliphatic hydroxyl groups excluding tert-OH is 1. The topological polar surface area (TPSA) is 85.7 Å². The van der Waals surface area contributed by atoms with E-state index in [9.17, 15) is 5.11 Å². The number of hydrogen-bond acceptors (Lipinski definition) is 8. The standard InChI is InChI=1S/C24H25N3O4S/c1-29-21-12-15-18(13-22(21)30-2)25-10-9-20(15)31-14-7-8-17-23(11-14)32-24(27-17)26-16-5-3-4-6-19(16)28/h7-13,16,19,28H,3-6H2,1-2H3,(H,26,27)/t16-,19-/m1/s1. The zero-order chi connectivity index (χ0) is 22.1. The van der Waals surface area contributed by atoms with E-state index in [2.05, 4.69) is 15.3 Å². The van der Waals surface area contributed by atoms with Gasteiger partial charge in [-0.05, 0) is 37.1 Å². The summed E-state index contributed by atoms with van der Waals surface area (Å²) in [6.45, 7) is 0. The number of benzene rings is 2. The highest BCUT2D eigenvalue weighted by Gasteiger charge is 2.23. The molecule has 0 saturated heterocycles. The highest BCUT2D eigenvalue weighted by atomic mass is 32.1. The van der Waals surface area contributed by atoms with Gasteiger partial charge >= 0.3 is 0 Å². The molecule has 2 heterocycles. The number of fused-ring (bicyclic) bond motifs is 2.